The summed E-state index contributed by atoms with van der Waals surface area (Å²) in [4.78, 5) is 2.50. The van der Waals surface area contributed by atoms with Crippen LogP contribution in [-0.2, 0) is 6.54 Å². The van der Waals surface area contributed by atoms with E-state index in [9.17, 15) is 0 Å². The zero-order chi connectivity index (χ0) is 12.4. The highest BCUT2D eigenvalue weighted by atomic mass is 16.3. The van der Waals surface area contributed by atoms with Gasteiger partial charge in [0.05, 0.1) is 6.26 Å². The van der Waals surface area contributed by atoms with E-state index < -0.39 is 0 Å². The average Bonchev–Trinajstić information content (AvgIpc) is 2.83. The second kappa shape index (κ2) is 5.12. The molecule has 18 heavy (non-hydrogen) atoms. The molecule has 0 spiro atoms. The van der Waals surface area contributed by atoms with Gasteiger partial charge in [-0.1, -0.05) is 18.2 Å². The molecule has 0 bridgehead atoms. The molecule has 1 saturated heterocycles. The van der Waals surface area contributed by atoms with Crippen molar-refractivity contribution in [2.75, 3.05) is 19.6 Å². The fraction of sp³-hybridized carbons (Fsp3) is 0.467. The van der Waals surface area contributed by atoms with Crippen molar-refractivity contribution in [2.24, 2.45) is 11.7 Å². The number of rotatable bonds is 3. The van der Waals surface area contributed by atoms with Crippen LogP contribution in [0.25, 0.3) is 11.0 Å². The van der Waals surface area contributed by atoms with Gasteiger partial charge in [0.2, 0.25) is 0 Å². The van der Waals surface area contributed by atoms with Crippen LogP contribution in [0.3, 0.4) is 0 Å². The van der Waals surface area contributed by atoms with Crippen LogP contribution in [0.2, 0.25) is 0 Å². The van der Waals surface area contributed by atoms with Gasteiger partial charge in [-0.2, -0.15) is 0 Å². The third kappa shape index (κ3) is 2.28. The standard InChI is InChI=1S/C15H20N2O/c16-9-12-5-7-17(8-6-12)10-13-11-18-15-4-2-1-3-14(13)15/h1-4,11-12H,5-10,16H2. The maximum absolute atomic E-state index is 5.73. The molecule has 1 aliphatic rings. The average molecular weight is 244 g/mol. The van der Waals surface area contributed by atoms with Crippen molar-refractivity contribution in [3.63, 3.8) is 0 Å². The summed E-state index contributed by atoms with van der Waals surface area (Å²) in [6, 6.07) is 8.25. The quantitative estimate of drug-likeness (QED) is 0.902. The molecule has 0 atom stereocenters. The molecule has 3 rings (SSSR count). The highest BCUT2D eigenvalue weighted by molar-refractivity contribution is 5.80. The van der Waals surface area contributed by atoms with Gasteiger partial charge in [0.15, 0.2) is 0 Å². The predicted molar refractivity (Wildman–Crippen MR) is 73.3 cm³/mol. The normalized spacial score (nSPS) is 18.5. The largest absolute Gasteiger partial charge is 0.464 e. The molecule has 3 heteroatoms. The van der Waals surface area contributed by atoms with Crippen molar-refractivity contribution in [1.29, 1.82) is 0 Å². The molecule has 1 aromatic heterocycles. The molecule has 0 saturated carbocycles. The van der Waals surface area contributed by atoms with Crippen molar-refractivity contribution in [2.45, 2.75) is 19.4 Å². The molecule has 3 nitrogen and oxygen atoms in total. The summed E-state index contributed by atoms with van der Waals surface area (Å²) in [5.74, 6) is 0.724. The van der Waals surface area contributed by atoms with Crippen molar-refractivity contribution < 1.29 is 4.42 Å². The summed E-state index contributed by atoms with van der Waals surface area (Å²) < 4.78 is 5.59. The lowest BCUT2D eigenvalue weighted by atomic mass is 9.97. The van der Waals surface area contributed by atoms with Gasteiger partial charge < -0.3 is 10.2 Å². The number of hydrogen-bond donors (Lipinski definition) is 1. The fourth-order valence-electron chi connectivity index (χ4n) is 2.78. The zero-order valence-electron chi connectivity index (χ0n) is 10.6. The van der Waals surface area contributed by atoms with Gasteiger partial charge in [-0.25, -0.2) is 0 Å². The Morgan fingerprint density at radius 3 is 2.78 bits per heavy atom. The summed E-state index contributed by atoms with van der Waals surface area (Å²) in [6.45, 7) is 4.14. The first-order valence-corrected chi connectivity index (χ1v) is 6.74. The van der Waals surface area contributed by atoms with E-state index in [0.29, 0.717) is 0 Å². The lowest BCUT2D eigenvalue weighted by Crippen LogP contribution is -2.35. The number of para-hydroxylation sites is 1. The van der Waals surface area contributed by atoms with Crippen LogP contribution in [0.15, 0.2) is 34.9 Å². The minimum atomic E-state index is 0.724. The Hall–Kier alpha value is -1.32. The molecule has 0 amide bonds. The third-order valence-electron chi connectivity index (χ3n) is 4.00. The van der Waals surface area contributed by atoms with E-state index in [0.717, 1.165) is 37.7 Å². The van der Waals surface area contributed by atoms with Gasteiger partial charge in [0, 0.05) is 17.5 Å². The maximum Gasteiger partial charge on any atom is 0.134 e. The molecule has 1 fully saturated rings. The van der Waals surface area contributed by atoms with Crippen LogP contribution in [0.4, 0.5) is 0 Å². The minimum absolute atomic E-state index is 0.724. The van der Waals surface area contributed by atoms with Crippen LogP contribution in [0.5, 0.6) is 0 Å². The number of fused-ring (bicyclic) bond motifs is 1. The first-order valence-electron chi connectivity index (χ1n) is 6.74. The molecule has 96 valence electrons. The van der Waals surface area contributed by atoms with Crippen LogP contribution in [0, 0.1) is 5.92 Å². The summed E-state index contributed by atoms with van der Waals surface area (Å²) in [5, 5.41) is 1.25. The number of piperidine rings is 1. The molecular formula is C15H20N2O. The first-order chi connectivity index (χ1) is 8.86. The predicted octanol–water partition coefficient (Wildman–Crippen LogP) is 2.60. The van der Waals surface area contributed by atoms with Gasteiger partial charge in [-0.3, -0.25) is 4.90 Å². The smallest absolute Gasteiger partial charge is 0.134 e. The summed E-state index contributed by atoms with van der Waals surface area (Å²) in [7, 11) is 0. The number of hydrogen-bond acceptors (Lipinski definition) is 3. The Bertz CT molecular complexity index is 512. The van der Waals surface area contributed by atoms with Crippen molar-refractivity contribution >= 4 is 11.0 Å². The number of nitrogens with two attached hydrogens (primary N) is 1. The molecule has 0 unspecified atom stereocenters. The fourth-order valence-corrected chi connectivity index (χ4v) is 2.78. The maximum atomic E-state index is 5.73. The SMILES string of the molecule is NCC1CCN(Cc2coc3ccccc23)CC1. The highest BCUT2D eigenvalue weighted by Gasteiger charge is 2.19. The van der Waals surface area contributed by atoms with Crippen LogP contribution in [0.1, 0.15) is 18.4 Å². The zero-order valence-corrected chi connectivity index (χ0v) is 10.6. The molecule has 1 aliphatic heterocycles. The van der Waals surface area contributed by atoms with Gasteiger partial charge in [-0.05, 0) is 44.5 Å². The molecule has 2 aromatic rings. The van der Waals surface area contributed by atoms with E-state index in [1.807, 2.05) is 18.4 Å². The third-order valence-corrected chi connectivity index (χ3v) is 4.00. The molecule has 1 aromatic carbocycles. The van der Waals surface area contributed by atoms with E-state index in [2.05, 4.69) is 17.0 Å². The lowest BCUT2D eigenvalue weighted by molar-refractivity contribution is 0.180. The van der Waals surface area contributed by atoms with Gasteiger partial charge >= 0.3 is 0 Å². The van der Waals surface area contributed by atoms with E-state index in [4.69, 9.17) is 10.2 Å². The van der Waals surface area contributed by atoms with E-state index >= 15 is 0 Å². The molecule has 0 radical (unpaired) electrons. The topological polar surface area (TPSA) is 42.4 Å². The van der Waals surface area contributed by atoms with Crippen LogP contribution in [-0.4, -0.2) is 24.5 Å². The summed E-state index contributed by atoms with van der Waals surface area (Å²) in [5.41, 5.74) is 8.02. The molecule has 2 heterocycles. The van der Waals surface area contributed by atoms with E-state index in [-0.39, 0.29) is 0 Å². The summed E-state index contributed by atoms with van der Waals surface area (Å²) in [6.07, 6.45) is 4.36. The van der Waals surface area contributed by atoms with E-state index in [1.54, 1.807) is 0 Å². The monoisotopic (exact) mass is 244 g/mol. The van der Waals surface area contributed by atoms with Crippen LogP contribution >= 0.6 is 0 Å². The lowest BCUT2D eigenvalue weighted by Gasteiger charge is -2.31. The van der Waals surface area contributed by atoms with Gasteiger partial charge in [0.1, 0.15) is 5.58 Å². The second-order valence-electron chi connectivity index (χ2n) is 5.21. The Balaban J connectivity index is 1.70. The minimum Gasteiger partial charge on any atom is -0.464 e. The van der Waals surface area contributed by atoms with Gasteiger partial charge in [-0.15, -0.1) is 0 Å². The molecular weight excluding hydrogens is 224 g/mol. The Morgan fingerprint density at radius 1 is 1.22 bits per heavy atom. The number of nitrogens with zero attached hydrogens (tertiary/aromatic N) is 1. The van der Waals surface area contributed by atoms with Crippen molar-refractivity contribution in [3.05, 3.63) is 36.1 Å². The first kappa shape index (κ1) is 11.8. The van der Waals surface area contributed by atoms with Crippen molar-refractivity contribution in [1.82, 2.24) is 4.90 Å². The number of benzene rings is 1. The van der Waals surface area contributed by atoms with E-state index in [1.165, 1.54) is 23.8 Å². The Morgan fingerprint density at radius 2 is 2.00 bits per heavy atom. The van der Waals surface area contributed by atoms with Gasteiger partial charge in [0.25, 0.3) is 0 Å². The van der Waals surface area contributed by atoms with Crippen LogP contribution < -0.4 is 5.73 Å². The molecule has 2 N–H and O–H groups in total. The Kier molecular flexibility index (Phi) is 3.35. The Labute approximate surface area is 108 Å². The highest BCUT2D eigenvalue weighted by Crippen LogP contribution is 2.24. The summed E-state index contributed by atoms with van der Waals surface area (Å²) >= 11 is 0. The van der Waals surface area contributed by atoms with Crippen molar-refractivity contribution in [3.8, 4) is 0 Å². The molecule has 0 aliphatic carbocycles. The second-order valence-corrected chi connectivity index (χ2v) is 5.21. The number of likely N-dealkylation sites (tertiary alicyclic amines) is 1. The number of furan rings is 1.